The second-order valence-electron chi connectivity index (χ2n) is 3.85. The van der Waals surface area contributed by atoms with Crippen LogP contribution in [0.4, 0.5) is 0 Å². The lowest BCUT2D eigenvalue weighted by Gasteiger charge is -2.26. The van der Waals surface area contributed by atoms with E-state index in [-0.39, 0.29) is 0 Å². The summed E-state index contributed by atoms with van der Waals surface area (Å²) in [6.07, 6.45) is -2.69. The molecule has 0 fully saturated rings. The second kappa shape index (κ2) is 6.62. The van der Waals surface area contributed by atoms with Crippen molar-refractivity contribution in [3.05, 3.63) is 24.5 Å². The molecular weight excluding hydrogens is 244 g/mol. The molecule has 0 aliphatic carbocycles. The third-order valence-electron chi connectivity index (χ3n) is 2.53. The van der Waals surface area contributed by atoms with E-state index in [2.05, 4.69) is 0 Å². The van der Waals surface area contributed by atoms with Crippen LogP contribution in [0.3, 0.4) is 0 Å². The molecule has 18 heavy (non-hydrogen) atoms. The van der Waals surface area contributed by atoms with Crippen LogP contribution in [-0.2, 0) is 9.53 Å². The largest absolute Gasteiger partial charge is 0.486 e. The summed E-state index contributed by atoms with van der Waals surface area (Å²) in [5, 5.41) is 46.1. The third kappa shape index (κ3) is 3.37. The Hall–Kier alpha value is -1.25. The molecule has 0 saturated heterocycles. The van der Waals surface area contributed by atoms with Crippen molar-refractivity contribution in [3.63, 3.8) is 0 Å². The Morgan fingerprint density at radius 1 is 1.17 bits per heavy atom. The minimum absolute atomic E-state index is 0.804. The van der Waals surface area contributed by atoms with Crippen molar-refractivity contribution < 1.29 is 35.1 Å². The van der Waals surface area contributed by atoms with Crippen LogP contribution in [0.1, 0.15) is 0 Å². The van der Waals surface area contributed by atoms with Crippen LogP contribution in [-0.4, -0.2) is 68.4 Å². The lowest BCUT2D eigenvalue weighted by molar-refractivity contribution is -0.152. The lowest BCUT2D eigenvalue weighted by atomic mass is 9.97. The number of Topliss-reactive ketones (excluding diaryl/α,β-unsaturated/α-hetero) is 1. The SMILES string of the molecule is O=C(C1C=CC=CO1)[C@H](O)[C@@H](O)[C@H](O)[C@H](O)CO. The van der Waals surface area contributed by atoms with Gasteiger partial charge in [0.2, 0.25) is 5.78 Å². The topological polar surface area (TPSA) is 127 Å². The highest BCUT2D eigenvalue weighted by Gasteiger charge is 2.37. The fraction of sp³-hybridized carbons (Fsp3) is 0.545. The van der Waals surface area contributed by atoms with Gasteiger partial charge in [0.15, 0.2) is 6.10 Å². The van der Waals surface area contributed by atoms with Gasteiger partial charge in [-0.15, -0.1) is 0 Å². The molecule has 0 saturated carbocycles. The van der Waals surface area contributed by atoms with Gasteiger partial charge in [-0.1, -0.05) is 6.08 Å². The maximum Gasteiger partial charge on any atom is 0.208 e. The molecular formula is C11H16O7. The molecule has 1 aliphatic rings. The van der Waals surface area contributed by atoms with E-state index in [1.807, 2.05) is 0 Å². The van der Waals surface area contributed by atoms with Crippen LogP contribution in [0.2, 0.25) is 0 Å². The zero-order valence-electron chi connectivity index (χ0n) is 9.46. The van der Waals surface area contributed by atoms with Gasteiger partial charge in [0, 0.05) is 0 Å². The summed E-state index contributed by atoms with van der Waals surface area (Å²) in [4.78, 5) is 11.7. The van der Waals surface area contributed by atoms with Gasteiger partial charge in [-0.05, 0) is 12.2 Å². The molecule has 1 unspecified atom stereocenters. The lowest BCUT2D eigenvalue weighted by Crippen LogP contribution is -2.50. The number of hydrogen-bond donors (Lipinski definition) is 5. The van der Waals surface area contributed by atoms with Crippen molar-refractivity contribution in [2.45, 2.75) is 30.5 Å². The Morgan fingerprint density at radius 3 is 2.33 bits per heavy atom. The maximum absolute atomic E-state index is 11.7. The van der Waals surface area contributed by atoms with Gasteiger partial charge >= 0.3 is 0 Å². The first-order valence-electron chi connectivity index (χ1n) is 5.34. The molecule has 0 aromatic rings. The van der Waals surface area contributed by atoms with Crippen molar-refractivity contribution in [2.75, 3.05) is 6.61 Å². The summed E-state index contributed by atoms with van der Waals surface area (Å²) in [6, 6.07) is 0. The molecule has 7 heteroatoms. The van der Waals surface area contributed by atoms with E-state index in [0.29, 0.717) is 0 Å². The van der Waals surface area contributed by atoms with Gasteiger partial charge in [-0.25, -0.2) is 0 Å². The van der Waals surface area contributed by atoms with Crippen LogP contribution in [0, 0.1) is 0 Å². The van der Waals surface area contributed by atoms with Gasteiger partial charge in [-0.2, -0.15) is 0 Å². The number of aliphatic hydroxyl groups is 5. The Kier molecular flexibility index (Phi) is 5.45. The maximum atomic E-state index is 11.7. The molecule has 0 radical (unpaired) electrons. The predicted octanol–water partition coefficient (Wildman–Crippen LogP) is -2.54. The monoisotopic (exact) mass is 260 g/mol. The average molecular weight is 260 g/mol. The molecule has 0 aromatic carbocycles. The van der Waals surface area contributed by atoms with Crippen molar-refractivity contribution in [1.82, 2.24) is 0 Å². The first kappa shape index (κ1) is 14.8. The molecule has 0 amide bonds. The van der Waals surface area contributed by atoms with E-state index >= 15 is 0 Å². The summed E-state index contributed by atoms with van der Waals surface area (Å²) in [7, 11) is 0. The summed E-state index contributed by atoms with van der Waals surface area (Å²) in [5.74, 6) is -0.854. The molecule has 7 nitrogen and oxygen atoms in total. The zero-order valence-corrected chi connectivity index (χ0v) is 9.46. The van der Waals surface area contributed by atoms with E-state index in [9.17, 15) is 20.1 Å². The summed E-state index contributed by atoms with van der Waals surface area (Å²) < 4.78 is 4.90. The summed E-state index contributed by atoms with van der Waals surface area (Å²) in [6.45, 7) is -0.804. The summed E-state index contributed by atoms with van der Waals surface area (Å²) >= 11 is 0. The Balaban J connectivity index is 2.62. The summed E-state index contributed by atoms with van der Waals surface area (Å²) in [5.41, 5.74) is 0. The smallest absolute Gasteiger partial charge is 0.208 e. The quantitative estimate of drug-likeness (QED) is 0.356. The first-order valence-corrected chi connectivity index (χ1v) is 5.34. The van der Waals surface area contributed by atoms with Gasteiger partial charge in [0.1, 0.15) is 24.4 Å². The number of ether oxygens (including phenoxy) is 1. The number of hydrogen-bond acceptors (Lipinski definition) is 7. The van der Waals surface area contributed by atoms with Gasteiger partial charge < -0.3 is 30.3 Å². The van der Waals surface area contributed by atoms with Crippen LogP contribution in [0.5, 0.6) is 0 Å². The van der Waals surface area contributed by atoms with E-state index < -0.39 is 42.9 Å². The molecule has 1 rings (SSSR count). The number of ketones is 1. The van der Waals surface area contributed by atoms with Crippen molar-refractivity contribution in [3.8, 4) is 0 Å². The molecule has 5 atom stereocenters. The van der Waals surface area contributed by atoms with Crippen LogP contribution >= 0.6 is 0 Å². The molecule has 102 valence electrons. The normalized spacial score (nSPS) is 25.1. The number of carbonyl (C=O) groups excluding carboxylic acids is 1. The van der Waals surface area contributed by atoms with E-state index in [0.717, 1.165) is 0 Å². The fourth-order valence-corrected chi connectivity index (χ4v) is 1.41. The van der Waals surface area contributed by atoms with Crippen molar-refractivity contribution >= 4 is 5.78 Å². The highest BCUT2D eigenvalue weighted by atomic mass is 16.5. The fourth-order valence-electron chi connectivity index (χ4n) is 1.41. The Morgan fingerprint density at radius 2 is 1.83 bits per heavy atom. The Bertz CT molecular complexity index is 338. The van der Waals surface area contributed by atoms with E-state index in [1.165, 1.54) is 24.5 Å². The van der Waals surface area contributed by atoms with Crippen molar-refractivity contribution in [2.24, 2.45) is 0 Å². The molecule has 0 aromatic heterocycles. The minimum atomic E-state index is -1.93. The minimum Gasteiger partial charge on any atom is -0.486 e. The number of carbonyl (C=O) groups is 1. The standard InChI is InChI=1S/C11H16O7/c12-5-6(13)8(14)10(16)11(17)9(15)7-3-1-2-4-18-7/h1-4,6-8,10-14,16-17H,5H2/t6-,7?,8-,10+,11+/m1/s1. The van der Waals surface area contributed by atoms with Gasteiger partial charge in [0.25, 0.3) is 0 Å². The number of allylic oxidation sites excluding steroid dienone is 2. The second-order valence-corrected chi connectivity index (χ2v) is 3.85. The molecule has 5 N–H and O–H groups in total. The number of aliphatic hydroxyl groups excluding tert-OH is 5. The van der Waals surface area contributed by atoms with Crippen LogP contribution in [0.25, 0.3) is 0 Å². The van der Waals surface area contributed by atoms with Gasteiger partial charge in [0.05, 0.1) is 12.9 Å². The first-order chi connectivity index (χ1) is 8.49. The Labute approximate surface area is 103 Å². The van der Waals surface area contributed by atoms with Gasteiger partial charge in [-0.3, -0.25) is 4.79 Å². The van der Waals surface area contributed by atoms with E-state index in [1.54, 1.807) is 0 Å². The molecule has 1 aliphatic heterocycles. The third-order valence-corrected chi connectivity index (χ3v) is 2.53. The molecule has 0 bridgehead atoms. The highest BCUT2D eigenvalue weighted by Crippen LogP contribution is 2.12. The molecule has 0 spiro atoms. The van der Waals surface area contributed by atoms with Crippen LogP contribution in [0.15, 0.2) is 24.5 Å². The zero-order chi connectivity index (χ0) is 13.7. The van der Waals surface area contributed by atoms with Crippen LogP contribution < -0.4 is 0 Å². The van der Waals surface area contributed by atoms with Crippen molar-refractivity contribution in [1.29, 1.82) is 0 Å². The number of rotatable bonds is 6. The predicted molar refractivity (Wildman–Crippen MR) is 59.3 cm³/mol. The average Bonchev–Trinajstić information content (AvgIpc) is 2.44. The highest BCUT2D eigenvalue weighted by molar-refractivity contribution is 5.89. The van der Waals surface area contributed by atoms with E-state index in [4.69, 9.17) is 14.9 Å². The molecule has 1 heterocycles.